The molecule has 19 heavy (non-hydrogen) atoms. The molecule has 3 atom stereocenters. The number of hydrogen-bond donors (Lipinski definition) is 0. The number of Topliss-reactive ketones (excluding diaryl/α,β-unsaturated/α-hetero) is 1. The average molecular weight is 262 g/mol. The Morgan fingerprint density at radius 1 is 1.37 bits per heavy atom. The minimum Gasteiger partial charge on any atom is -0.371 e. The van der Waals surface area contributed by atoms with E-state index in [0.29, 0.717) is 13.2 Å². The Bertz CT molecular complexity index is 452. The highest BCUT2D eigenvalue weighted by Gasteiger charge is 2.58. The van der Waals surface area contributed by atoms with Gasteiger partial charge < -0.3 is 14.2 Å². The molecule has 3 rings (SSSR count). The Kier molecular flexibility index (Phi) is 3.39. The maximum Gasteiger partial charge on any atom is 0.198 e. The van der Waals surface area contributed by atoms with E-state index >= 15 is 0 Å². The molecule has 1 aromatic rings. The number of carbonyl (C=O) groups excluding carboxylic acids is 1. The summed E-state index contributed by atoms with van der Waals surface area (Å²) in [7, 11) is 1.56. The summed E-state index contributed by atoms with van der Waals surface area (Å²) < 4.78 is 16.5. The zero-order valence-corrected chi connectivity index (χ0v) is 11.0. The molecule has 2 fully saturated rings. The van der Waals surface area contributed by atoms with Gasteiger partial charge in [0, 0.05) is 7.11 Å². The van der Waals surface area contributed by atoms with Crippen LogP contribution in [0.2, 0.25) is 0 Å². The van der Waals surface area contributed by atoms with Crippen molar-refractivity contribution in [3.8, 4) is 0 Å². The molecule has 4 heteroatoms. The molecule has 1 aromatic carbocycles. The first-order chi connectivity index (χ1) is 9.25. The highest BCUT2D eigenvalue weighted by molar-refractivity contribution is 5.94. The lowest BCUT2D eigenvalue weighted by Gasteiger charge is -2.32. The van der Waals surface area contributed by atoms with Crippen LogP contribution in [0.3, 0.4) is 0 Å². The monoisotopic (exact) mass is 262 g/mol. The molecule has 1 saturated carbocycles. The molecule has 1 spiro atoms. The number of rotatable bonds is 4. The zero-order chi connectivity index (χ0) is 13.3. The third-order valence-corrected chi connectivity index (χ3v) is 3.93. The maximum absolute atomic E-state index is 12.2. The van der Waals surface area contributed by atoms with Gasteiger partial charge in [-0.15, -0.1) is 0 Å². The van der Waals surface area contributed by atoms with Crippen LogP contribution in [0.4, 0.5) is 0 Å². The van der Waals surface area contributed by atoms with E-state index in [1.165, 1.54) is 0 Å². The second-order valence-corrected chi connectivity index (χ2v) is 5.18. The van der Waals surface area contributed by atoms with Gasteiger partial charge in [0.15, 0.2) is 11.4 Å². The molecule has 0 unspecified atom stereocenters. The first-order valence-corrected chi connectivity index (χ1v) is 6.62. The van der Waals surface area contributed by atoms with Crippen LogP contribution in [0, 0.1) is 0 Å². The van der Waals surface area contributed by atoms with E-state index in [2.05, 4.69) is 0 Å². The average Bonchev–Trinajstić information content (AvgIpc) is 3.23. The van der Waals surface area contributed by atoms with Gasteiger partial charge in [-0.2, -0.15) is 0 Å². The molecule has 102 valence electrons. The smallest absolute Gasteiger partial charge is 0.198 e. The van der Waals surface area contributed by atoms with Crippen molar-refractivity contribution in [1.29, 1.82) is 0 Å². The van der Waals surface area contributed by atoms with Gasteiger partial charge in [0.25, 0.3) is 0 Å². The lowest BCUT2D eigenvalue weighted by molar-refractivity contribution is -0.153. The summed E-state index contributed by atoms with van der Waals surface area (Å²) in [6.45, 7) is 1.05. The molecule has 2 aliphatic rings. The third kappa shape index (κ3) is 2.43. The minimum absolute atomic E-state index is 0.0410. The standard InChI is InChI=1S/C15H18O4/c1-17-13-12(7-8-15(10-19-15)14(13)16)18-9-11-5-3-2-4-6-11/h2-6,12-13H,7-10H2,1H3/t12-,13-,15+/m1/s1. The van der Waals surface area contributed by atoms with Crippen molar-refractivity contribution in [3.05, 3.63) is 35.9 Å². The Morgan fingerprint density at radius 3 is 2.74 bits per heavy atom. The predicted octanol–water partition coefficient (Wildman–Crippen LogP) is 1.72. The summed E-state index contributed by atoms with van der Waals surface area (Å²) in [5.41, 5.74) is 0.556. The second kappa shape index (κ2) is 5.04. The summed E-state index contributed by atoms with van der Waals surface area (Å²) in [5.74, 6) is 0.0410. The molecule has 1 saturated heterocycles. The van der Waals surface area contributed by atoms with Crippen molar-refractivity contribution < 1.29 is 19.0 Å². The Morgan fingerprint density at radius 2 is 2.11 bits per heavy atom. The molecule has 4 nitrogen and oxygen atoms in total. The van der Waals surface area contributed by atoms with Crippen LogP contribution in [0.5, 0.6) is 0 Å². The molecule has 0 aromatic heterocycles. The summed E-state index contributed by atoms with van der Waals surface area (Å²) in [4.78, 5) is 12.2. The normalized spacial score (nSPS) is 33.6. The van der Waals surface area contributed by atoms with Gasteiger partial charge in [0.1, 0.15) is 6.10 Å². The van der Waals surface area contributed by atoms with E-state index in [-0.39, 0.29) is 11.9 Å². The van der Waals surface area contributed by atoms with Gasteiger partial charge in [0.05, 0.1) is 19.3 Å². The SMILES string of the molecule is CO[C@H]1C(=O)[C@]2(CC[C@H]1OCc1ccccc1)CO2. The van der Waals surface area contributed by atoms with E-state index in [1.807, 2.05) is 30.3 Å². The highest BCUT2D eigenvalue weighted by atomic mass is 16.6. The van der Waals surface area contributed by atoms with E-state index in [9.17, 15) is 4.79 Å². The molecular formula is C15H18O4. The fourth-order valence-electron chi connectivity index (χ4n) is 2.66. The topological polar surface area (TPSA) is 48.1 Å². The largest absolute Gasteiger partial charge is 0.371 e. The van der Waals surface area contributed by atoms with Gasteiger partial charge in [-0.3, -0.25) is 4.79 Å². The van der Waals surface area contributed by atoms with Gasteiger partial charge in [-0.05, 0) is 18.4 Å². The van der Waals surface area contributed by atoms with E-state index in [1.54, 1.807) is 7.11 Å². The number of carbonyl (C=O) groups is 1. The predicted molar refractivity (Wildman–Crippen MR) is 68.7 cm³/mol. The van der Waals surface area contributed by atoms with Crippen molar-refractivity contribution in [1.82, 2.24) is 0 Å². The van der Waals surface area contributed by atoms with Crippen LogP contribution >= 0.6 is 0 Å². The van der Waals surface area contributed by atoms with Gasteiger partial charge in [-0.25, -0.2) is 0 Å². The molecule has 0 radical (unpaired) electrons. The van der Waals surface area contributed by atoms with Crippen LogP contribution in [0.1, 0.15) is 18.4 Å². The number of methoxy groups -OCH3 is 1. The second-order valence-electron chi connectivity index (χ2n) is 5.18. The lowest BCUT2D eigenvalue weighted by atomic mass is 9.84. The molecular weight excluding hydrogens is 244 g/mol. The molecule has 0 amide bonds. The maximum atomic E-state index is 12.2. The first kappa shape index (κ1) is 12.8. The highest BCUT2D eigenvalue weighted by Crippen LogP contribution is 2.40. The van der Waals surface area contributed by atoms with Crippen molar-refractivity contribution in [3.63, 3.8) is 0 Å². The number of ether oxygens (including phenoxy) is 3. The van der Waals surface area contributed by atoms with Crippen molar-refractivity contribution in [2.24, 2.45) is 0 Å². The first-order valence-electron chi connectivity index (χ1n) is 6.62. The van der Waals surface area contributed by atoms with Crippen LogP contribution in [0.25, 0.3) is 0 Å². The summed E-state index contributed by atoms with van der Waals surface area (Å²) in [5, 5.41) is 0. The third-order valence-electron chi connectivity index (χ3n) is 3.93. The molecule has 0 bridgehead atoms. The summed E-state index contributed by atoms with van der Waals surface area (Å²) in [6, 6.07) is 9.95. The molecule has 1 aliphatic carbocycles. The Hall–Kier alpha value is -1.23. The van der Waals surface area contributed by atoms with E-state index in [4.69, 9.17) is 14.2 Å². The van der Waals surface area contributed by atoms with Crippen LogP contribution < -0.4 is 0 Å². The van der Waals surface area contributed by atoms with E-state index < -0.39 is 11.7 Å². The van der Waals surface area contributed by atoms with Crippen LogP contribution in [-0.4, -0.2) is 37.3 Å². The van der Waals surface area contributed by atoms with Gasteiger partial charge in [0.2, 0.25) is 0 Å². The Balaban J connectivity index is 1.62. The van der Waals surface area contributed by atoms with Crippen molar-refractivity contribution in [2.45, 2.75) is 37.3 Å². The fraction of sp³-hybridized carbons (Fsp3) is 0.533. The number of hydrogen-bond acceptors (Lipinski definition) is 4. The molecule has 1 heterocycles. The van der Waals surface area contributed by atoms with Crippen LogP contribution in [-0.2, 0) is 25.6 Å². The fourth-order valence-corrected chi connectivity index (χ4v) is 2.66. The quantitative estimate of drug-likeness (QED) is 0.775. The molecule has 1 aliphatic heterocycles. The summed E-state index contributed by atoms with van der Waals surface area (Å²) in [6.07, 6.45) is 0.870. The van der Waals surface area contributed by atoms with Crippen molar-refractivity contribution >= 4 is 5.78 Å². The van der Waals surface area contributed by atoms with Gasteiger partial charge >= 0.3 is 0 Å². The minimum atomic E-state index is -0.548. The number of benzene rings is 1. The number of ketones is 1. The Labute approximate surface area is 112 Å². The zero-order valence-electron chi connectivity index (χ0n) is 11.0. The van der Waals surface area contributed by atoms with Crippen molar-refractivity contribution in [2.75, 3.05) is 13.7 Å². The van der Waals surface area contributed by atoms with Crippen LogP contribution in [0.15, 0.2) is 30.3 Å². The van der Waals surface area contributed by atoms with E-state index in [0.717, 1.165) is 18.4 Å². The van der Waals surface area contributed by atoms with Gasteiger partial charge in [-0.1, -0.05) is 30.3 Å². The summed E-state index contributed by atoms with van der Waals surface area (Å²) >= 11 is 0. The molecule has 0 N–H and O–H groups in total. The lowest BCUT2D eigenvalue weighted by Crippen LogP contribution is -2.49. The number of epoxide rings is 1.